The van der Waals surface area contributed by atoms with Gasteiger partial charge in [0, 0.05) is 29.4 Å². The topological polar surface area (TPSA) is 3.01 Å². The maximum Gasteiger partial charge on any atom is 0.0513 e. The van der Waals surface area contributed by atoms with Crippen molar-refractivity contribution in [1.82, 2.24) is 3.11 Å². The first kappa shape index (κ1) is 8.26. The van der Waals surface area contributed by atoms with Gasteiger partial charge in [-0.2, -0.15) is 0 Å². The summed E-state index contributed by atoms with van der Waals surface area (Å²) in [7, 11) is 0. The van der Waals surface area contributed by atoms with Crippen molar-refractivity contribution < 1.29 is 0 Å². The van der Waals surface area contributed by atoms with Crippen molar-refractivity contribution in [3.05, 3.63) is 42.0 Å². The summed E-state index contributed by atoms with van der Waals surface area (Å²) in [5.41, 5.74) is 1.29. The molecule has 1 unspecified atom stereocenters. The summed E-state index contributed by atoms with van der Waals surface area (Å²) >= 11 is 2.34. The number of rotatable bonds is 2. The van der Waals surface area contributed by atoms with Crippen molar-refractivity contribution in [3.63, 3.8) is 0 Å². The van der Waals surface area contributed by atoms with E-state index in [0.717, 1.165) is 0 Å². The normalized spacial score (nSPS) is 27.8. The van der Waals surface area contributed by atoms with Gasteiger partial charge in [-0.05, 0) is 5.56 Å². The van der Waals surface area contributed by atoms with Gasteiger partial charge in [-0.1, -0.05) is 42.5 Å². The highest BCUT2D eigenvalue weighted by Crippen LogP contribution is 2.24. The van der Waals surface area contributed by atoms with Gasteiger partial charge < -0.3 is 0 Å². The fourth-order valence-corrected chi connectivity index (χ4v) is 1.66. The number of hydrogen-bond donors (Lipinski definition) is 0. The molecule has 1 aliphatic heterocycles. The maximum absolute atomic E-state index is 2.34. The largest absolute Gasteiger partial charge is 0.237 e. The predicted octanol–water partition coefficient (Wildman–Crippen LogP) is 2.73. The van der Waals surface area contributed by atoms with Gasteiger partial charge in [-0.3, -0.25) is 0 Å². The Morgan fingerprint density at radius 3 is 2.58 bits per heavy atom. The summed E-state index contributed by atoms with van der Waals surface area (Å²) in [4.78, 5) is 0. The first-order chi connectivity index (χ1) is 5.86. The smallest absolute Gasteiger partial charge is 0.0513 e. The van der Waals surface area contributed by atoms with Gasteiger partial charge in [0.15, 0.2) is 0 Å². The van der Waals surface area contributed by atoms with Crippen LogP contribution in [0.15, 0.2) is 36.4 Å². The van der Waals surface area contributed by atoms with E-state index in [2.05, 4.69) is 62.4 Å². The van der Waals surface area contributed by atoms with Crippen LogP contribution in [-0.4, -0.2) is 15.7 Å². The SMILES string of the molecule is IN1C[C@@H]1/C=C/c1ccccc1. The van der Waals surface area contributed by atoms with E-state index in [4.69, 9.17) is 0 Å². The van der Waals surface area contributed by atoms with Crippen molar-refractivity contribution in [2.24, 2.45) is 0 Å². The number of nitrogens with zero attached hydrogens (tertiary/aromatic N) is 1. The first-order valence-electron chi connectivity index (χ1n) is 4.02. The molecule has 0 amide bonds. The van der Waals surface area contributed by atoms with Crippen LogP contribution in [-0.2, 0) is 0 Å². The Bertz CT molecular complexity index is 281. The Morgan fingerprint density at radius 2 is 2.00 bits per heavy atom. The van der Waals surface area contributed by atoms with Gasteiger partial charge in [0.2, 0.25) is 0 Å². The van der Waals surface area contributed by atoms with Crippen molar-refractivity contribution in [2.75, 3.05) is 6.54 Å². The molecule has 0 aliphatic carbocycles. The third kappa shape index (κ3) is 2.08. The average molecular weight is 271 g/mol. The molecule has 2 heteroatoms. The zero-order valence-corrected chi connectivity index (χ0v) is 8.81. The van der Waals surface area contributed by atoms with Crippen LogP contribution in [0.3, 0.4) is 0 Å². The Kier molecular flexibility index (Phi) is 2.46. The molecule has 12 heavy (non-hydrogen) atoms. The predicted molar refractivity (Wildman–Crippen MR) is 60.0 cm³/mol. The minimum atomic E-state index is 0.672. The molecule has 2 atom stereocenters. The first-order valence-corrected chi connectivity index (χ1v) is 4.98. The Labute approximate surface area is 86.6 Å². The van der Waals surface area contributed by atoms with Crippen LogP contribution < -0.4 is 0 Å². The molecule has 1 saturated heterocycles. The highest BCUT2D eigenvalue weighted by atomic mass is 127. The lowest BCUT2D eigenvalue weighted by molar-refractivity contribution is 0.959. The van der Waals surface area contributed by atoms with Crippen LogP contribution in [0.25, 0.3) is 6.08 Å². The molecule has 0 bridgehead atoms. The summed E-state index contributed by atoms with van der Waals surface area (Å²) in [6, 6.07) is 11.1. The lowest BCUT2D eigenvalue weighted by atomic mass is 10.2. The molecule has 0 aromatic heterocycles. The molecular weight excluding hydrogens is 261 g/mol. The van der Waals surface area contributed by atoms with E-state index in [1.54, 1.807) is 0 Å². The quantitative estimate of drug-likeness (QED) is 0.454. The molecule has 2 rings (SSSR count). The molecule has 0 spiro atoms. The van der Waals surface area contributed by atoms with Crippen LogP contribution in [0, 0.1) is 0 Å². The molecule has 1 aromatic rings. The van der Waals surface area contributed by atoms with Gasteiger partial charge >= 0.3 is 0 Å². The Hall–Kier alpha value is -0.350. The third-order valence-corrected chi connectivity index (χ3v) is 3.01. The second kappa shape index (κ2) is 3.58. The number of halogens is 1. The van der Waals surface area contributed by atoms with Crippen LogP contribution in [0.1, 0.15) is 5.56 Å². The van der Waals surface area contributed by atoms with Crippen LogP contribution in [0.2, 0.25) is 0 Å². The number of benzene rings is 1. The van der Waals surface area contributed by atoms with E-state index in [1.807, 2.05) is 6.07 Å². The second-order valence-corrected chi connectivity index (χ2v) is 4.16. The minimum absolute atomic E-state index is 0.672. The van der Waals surface area contributed by atoms with Gasteiger partial charge in [-0.15, -0.1) is 0 Å². The van der Waals surface area contributed by atoms with E-state index >= 15 is 0 Å². The molecule has 1 heterocycles. The zero-order chi connectivity index (χ0) is 8.39. The maximum atomic E-state index is 2.34. The fraction of sp³-hybridized carbons (Fsp3) is 0.200. The summed E-state index contributed by atoms with van der Waals surface area (Å²) in [6.07, 6.45) is 4.44. The van der Waals surface area contributed by atoms with E-state index in [1.165, 1.54) is 12.1 Å². The lowest BCUT2D eigenvalue weighted by Gasteiger charge is -1.89. The summed E-state index contributed by atoms with van der Waals surface area (Å²) in [5.74, 6) is 0. The van der Waals surface area contributed by atoms with E-state index in [9.17, 15) is 0 Å². The van der Waals surface area contributed by atoms with Gasteiger partial charge in [-0.25, -0.2) is 3.11 Å². The molecule has 1 aliphatic rings. The Morgan fingerprint density at radius 1 is 1.33 bits per heavy atom. The van der Waals surface area contributed by atoms with Crippen molar-refractivity contribution in [1.29, 1.82) is 0 Å². The average Bonchev–Trinajstić information content (AvgIpc) is 2.81. The fourth-order valence-electron chi connectivity index (χ4n) is 1.07. The van der Waals surface area contributed by atoms with Crippen LogP contribution in [0.5, 0.6) is 0 Å². The molecule has 0 saturated carbocycles. The second-order valence-electron chi connectivity index (χ2n) is 2.92. The van der Waals surface area contributed by atoms with E-state index in [-0.39, 0.29) is 0 Å². The molecule has 0 N–H and O–H groups in total. The van der Waals surface area contributed by atoms with Gasteiger partial charge in [0.25, 0.3) is 0 Å². The number of hydrogen-bond acceptors (Lipinski definition) is 1. The minimum Gasteiger partial charge on any atom is -0.237 e. The molecule has 62 valence electrons. The summed E-state index contributed by atoms with van der Waals surface area (Å²) in [6.45, 7) is 1.20. The highest BCUT2D eigenvalue weighted by Gasteiger charge is 2.28. The zero-order valence-electron chi connectivity index (χ0n) is 6.65. The lowest BCUT2D eigenvalue weighted by Crippen LogP contribution is -1.80. The standard InChI is InChI=1S/C10H10IN/c11-12-8-10(12)7-6-9-4-2-1-3-5-9/h1-7,10H,8H2/b7-6+/t10-,12?/m0/s1. The molecule has 1 nitrogen and oxygen atoms in total. The van der Waals surface area contributed by atoms with Crippen molar-refractivity contribution in [3.8, 4) is 0 Å². The summed E-state index contributed by atoms with van der Waals surface area (Å²) < 4.78 is 2.28. The van der Waals surface area contributed by atoms with E-state index in [0.29, 0.717) is 6.04 Å². The molecule has 1 aromatic carbocycles. The van der Waals surface area contributed by atoms with Crippen LogP contribution in [0.4, 0.5) is 0 Å². The van der Waals surface area contributed by atoms with Gasteiger partial charge in [0.05, 0.1) is 6.04 Å². The Balaban J connectivity index is 1.99. The van der Waals surface area contributed by atoms with E-state index < -0.39 is 0 Å². The monoisotopic (exact) mass is 271 g/mol. The van der Waals surface area contributed by atoms with Crippen molar-refractivity contribution in [2.45, 2.75) is 6.04 Å². The molecule has 1 fully saturated rings. The van der Waals surface area contributed by atoms with Crippen molar-refractivity contribution >= 4 is 28.9 Å². The molecular formula is C10H10IN. The molecule has 0 radical (unpaired) electrons. The van der Waals surface area contributed by atoms with Crippen LogP contribution >= 0.6 is 22.9 Å². The summed E-state index contributed by atoms with van der Waals surface area (Å²) in [5, 5.41) is 0. The highest BCUT2D eigenvalue weighted by molar-refractivity contribution is 14.1. The third-order valence-electron chi connectivity index (χ3n) is 1.90. The van der Waals surface area contributed by atoms with Gasteiger partial charge in [0.1, 0.15) is 0 Å².